The largest absolute Gasteiger partial charge is 0.361 e. The molecule has 0 atom stereocenters. The predicted molar refractivity (Wildman–Crippen MR) is 44.9 cm³/mol. The maximum atomic E-state index is 11.2. The second kappa shape index (κ2) is 4.01. The minimum absolute atomic E-state index is 0.0732. The highest BCUT2D eigenvalue weighted by Crippen LogP contribution is 1.85. The average Bonchev–Trinajstić information content (AvgIpc) is 2.03. The van der Waals surface area contributed by atoms with E-state index in [1.165, 1.54) is 17.0 Å². The summed E-state index contributed by atoms with van der Waals surface area (Å²) >= 11 is 0. The highest BCUT2D eigenvalue weighted by molar-refractivity contribution is 4.95. The highest BCUT2D eigenvalue weighted by atomic mass is 16.5. The van der Waals surface area contributed by atoms with Gasteiger partial charge in [0.2, 0.25) is 0 Å². The summed E-state index contributed by atoms with van der Waals surface area (Å²) in [6.07, 6.45) is 1.49. The zero-order chi connectivity index (χ0) is 8.97. The maximum Gasteiger partial charge on any atom is 0.255 e. The van der Waals surface area contributed by atoms with E-state index in [-0.39, 0.29) is 12.3 Å². The molecule has 1 aromatic rings. The Kier molecular flexibility index (Phi) is 2.99. The van der Waals surface area contributed by atoms with Gasteiger partial charge in [-0.3, -0.25) is 9.36 Å². The van der Waals surface area contributed by atoms with Gasteiger partial charge >= 0.3 is 0 Å². The summed E-state index contributed by atoms with van der Waals surface area (Å²) in [6, 6.07) is 1.49. The Hall–Kier alpha value is -1.16. The van der Waals surface area contributed by atoms with Crippen molar-refractivity contribution in [2.45, 2.75) is 20.6 Å². The fourth-order valence-electron chi connectivity index (χ4n) is 0.803. The molecule has 0 aromatic carbocycles. The minimum Gasteiger partial charge on any atom is -0.361 e. The van der Waals surface area contributed by atoms with Gasteiger partial charge in [0.15, 0.2) is 0 Å². The van der Waals surface area contributed by atoms with Crippen LogP contribution in [0.25, 0.3) is 0 Å². The van der Waals surface area contributed by atoms with Gasteiger partial charge in [-0.05, 0) is 13.8 Å². The van der Waals surface area contributed by atoms with E-state index in [1.807, 2.05) is 6.92 Å². The molecule has 0 N–H and O–H groups in total. The molecule has 0 fully saturated rings. The molecular weight excluding hydrogens is 156 g/mol. The zero-order valence-corrected chi connectivity index (χ0v) is 7.28. The molecule has 0 spiro atoms. The first-order valence-electron chi connectivity index (χ1n) is 3.85. The van der Waals surface area contributed by atoms with E-state index in [2.05, 4.69) is 4.98 Å². The van der Waals surface area contributed by atoms with E-state index in [4.69, 9.17) is 4.74 Å². The molecule has 0 unspecified atom stereocenters. The van der Waals surface area contributed by atoms with Crippen LogP contribution < -0.4 is 5.56 Å². The SMILES string of the molecule is CCOCn1cnc(C)cc1=O. The first-order valence-corrected chi connectivity index (χ1v) is 3.85. The van der Waals surface area contributed by atoms with E-state index in [9.17, 15) is 4.79 Å². The molecule has 1 heterocycles. The fourth-order valence-corrected chi connectivity index (χ4v) is 0.803. The lowest BCUT2D eigenvalue weighted by Gasteiger charge is -2.03. The zero-order valence-electron chi connectivity index (χ0n) is 7.28. The Morgan fingerprint density at radius 2 is 2.42 bits per heavy atom. The Morgan fingerprint density at radius 1 is 1.67 bits per heavy atom. The molecule has 66 valence electrons. The maximum absolute atomic E-state index is 11.2. The summed E-state index contributed by atoms with van der Waals surface area (Å²) in [5.41, 5.74) is 0.656. The molecule has 0 bridgehead atoms. The van der Waals surface area contributed by atoms with E-state index in [0.29, 0.717) is 6.61 Å². The molecule has 0 aliphatic heterocycles. The Labute approximate surface area is 70.8 Å². The third-order valence-electron chi connectivity index (χ3n) is 1.45. The van der Waals surface area contributed by atoms with E-state index in [0.717, 1.165) is 5.69 Å². The van der Waals surface area contributed by atoms with E-state index < -0.39 is 0 Å². The van der Waals surface area contributed by atoms with Crippen molar-refractivity contribution in [1.29, 1.82) is 0 Å². The normalized spacial score (nSPS) is 10.2. The third-order valence-corrected chi connectivity index (χ3v) is 1.45. The predicted octanol–water partition coefficient (Wildman–Crippen LogP) is 0.546. The summed E-state index contributed by atoms with van der Waals surface area (Å²) in [5.74, 6) is 0. The van der Waals surface area contributed by atoms with Crippen molar-refractivity contribution in [1.82, 2.24) is 9.55 Å². The summed E-state index contributed by atoms with van der Waals surface area (Å²) in [6.45, 7) is 4.54. The Morgan fingerprint density at radius 3 is 3.00 bits per heavy atom. The molecule has 12 heavy (non-hydrogen) atoms. The van der Waals surface area contributed by atoms with Gasteiger partial charge in [0.1, 0.15) is 6.73 Å². The quantitative estimate of drug-likeness (QED) is 0.661. The topological polar surface area (TPSA) is 44.1 Å². The number of aromatic nitrogens is 2. The lowest BCUT2D eigenvalue weighted by molar-refractivity contribution is 0.0845. The summed E-state index contributed by atoms with van der Waals surface area (Å²) in [7, 11) is 0. The van der Waals surface area contributed by atoms with Crippen LogP contribution in [-0.2, 0) is 11.5 Å². The first kappa shape index (κ1) is 8.93. The van der Waals surface area contributed by atoms with Crippen molar-refractivity contribution in [3.63, 3.8) is 0 Å². The van der Waals surface area contributed by atoms with Gasteiger partial charge in [-0.25, -0.2) is 4.98 Å². The molecule has 0 saturated heterocycles. The molecule has 4 heteroatoms. The van der Waals surface area contributed by atoms with Gasteiger partial charge < -0.3 is 4.74 Å². The lowest BCUT2D eigenvalue weighted by Crippen LogP contribution is -2.21. The molecule has 4 nitrogen and oxygen atoms in total. The van der Waals surface area contributed by atoms with Crippen LogP contribution in [0.15, 0.2) is 17.2 Å². The molecule has 1 aromatic heterocycles. The minimum atomic E-state index is -0.0732. The molecule has 0 saturated carbocycles. The lowest BCUT2D eigenvalue weighted by atomic mass is 10.4. The highest BCUT2D eigenvalue weighted by Gasteiger charge is 1.94. The Balaban J connectivity index is 2.80. The summed E-state index contributed by atoms with van der Waals surface area (Å²) in [4.78, 5) is 15.2. The number of ether oxygens (including phenoxy) is 1. The summed E-state index contributed by atoms with van der Waals surface area (Å²) in [5, 5.41) is 0. The van der Waals surface area contributed by atoms with Gasteiger partial charge in [0, 0.05) is 18.4 Å². The van der Waals surface area contributed by atoms with Crippen LogP contribution in [0.3, 0.4) is 0 Å². The van der Waals surface area contributed by atoms with Gasteiger partial charge in [-0.2, -0.15) is 0 Å². The molecule has 0 aliphatic carbocycles. The molecule has 0 aliphatic rings. The van der Waals surface area contributed by atoms with Crippen LogP contribution in [0.4, 0.5) is 0 Å². The van der Waals surface area contributed by atoms with E-state index in [1.54, 1.807) is 6.92 Å². The van der Waals surface area contributed by atoms with Crippen LogP contribution >= 0.6 is 0 Å². The molecule has 1 rings (SSSR count). The molecule has 0 radical (unpaired) electrons. The standard InChI is InChI=1S/C8H12N2O2/c1-3-12-6-10-5-9-7(2)4-8(10)11/h4-5H,3,6H2,1-2H3. The van der Waals surface area contributed by atoms with Crippen molar-refractivity contribution in [2.75, 3.05) is 6.61 Å². The number of hydrogen-bond acceptors (Lipinski definition) is 3. The van der Waals surface area contributed by atoms with Crippen molar-refractivity contribution >= 4 is 0 Å². The van der Waals surface area contributed by atoms with Crippen LogP contribution in [0.5, 0.6) is 0 Å². The fraction of sp³-hybridized carbons (Fsp3) is 0.500. The number of rotatable bonds is 3. The number of nitrogens with zero attached hydrogens (tertiary/aromatic N) is 2. The van der Waals surface area contributed by atoms with Crippen LogP contribution in [0, 0.1) is 6.92 Å². The number of hydrogen-bond donors (Lipinski definition) is 0. The second-order valence-electron chi connectivity index (χ2n) is 2.46. The first-order chi connectivity index (χ1) is 5.74. The van der Waals surface area contributed by atoms with Crippen LogP contribution in [0.2, 0.25) is 0 Å². The number of aryl methyl sites for hydroxylation is 1. The summed E-state index contributed by atoms with van der Waals surface area (Å²) < 4.78 is 6.49. The second-order valence-corrected chi connectivity index (χ2v) is 2.46. The molecule has 0 amide bonds. The monoisotopic (exact) mass is 168 g/mol. The van der Waals surface area contributed by atoms with Gasteiger partial charge in [-0.15, -0.1) is 0 Å². The third kappa shape index (κ3) is 2.17. The van der Waals surface area contributed by atoms with Crippen molar-refractivity contribution < 1.29 is 4.74 Å². The van der Waals surface area contributed by atoms with Gasteiger partial charge in [0.05, 0.1) is 6.33 Å². The molecular formula is C8H12N2O2. The van der Waals surface area contributed by atoms with E-state index >= 15 is 0 Å². The van der Waals surface area contributed by atoms with Crippen molar-refractivity contribution in [3.8, 4) is 0 Å². The van der Waals surface area contributed by atoms with Gasteiger partial charge in [0.25, 0.3) is 5.56 Å². The van der Waals surface area contributed by atoms with Gasteiger partial charge in [-0.1, -0.05) is 0 Å². The van der Waals surface area contributed by atoms with Crippen molar-refractivity contribution in [3.05, 3.63) is 28.4 Å². The Bertz CT molecular complexity index is 306. The van der Waals surface area contributed by atoms with Crippen molar-refractivity contribution in [2.24, 2.45) is 0 Å². The van der Waals surface area contributed by atoms with Crippen LogP contribution in [0.1, 0.15) is 12.6 Å². The average molecular weight is 168 g/mol. The smallest absolute Gasteiger partial charge is 0.255 e. The van der Waals surface area contributed by atoms with Crippen LogP contribution in [-0.4, -0.2) is 16.2 Å².